The van der Waals surface area contributed by atoms with Crippen molar-refractivity contribution in [1.29, 1.82) is 0 Å². The second kappa shape index (κ2) is 5.73. The molecule has 2 heterocycles. The van der Waals surface area contributed by atoms with Crippen LogP contribution in [0.15, 0.2) is 34.7 Å². The smallest absolute Gasteiger partial charge is 0.273 e. The van der Waals surface area contributed by atoms with Gasteiger partial charge in [0.05, 0.1) is 23.1 Å². The van der Waals surface area contributed by atoms with Crippen molar-refractivity contribution in [2.45, 2.75) is 11.0 Å². The molecule has 1 aliphatic rings. The fourth-order valence-electron chi connectivity index (χ4n) is 1.94. The molecule has 3 rings (SSSR count). The standard InChI is InChI=1S/C12H10Cl2N2O3S2/c13-9-2-1-3-10(14)11(9)21(17,18)16-6-8(7-16)19-12-15-4-5-20-12/h1-5,8H,6-7H2. The Morgan fingerprint density at radius 1 is 1.29 bits per heavy atom. The highest BCUT2D eigenvalue weighted by molar-refractivity contribution is 7.89. The van der Waals surface area contributed by atoms with Crippen molar-refractivity contribution in [3.8, 4) is 5.19 Å². The fourth-order valence-corrected chi connectivity index (χ4v) is 5.09. The third-order valence-electron chi connectivity index (χ3n) is 3.01. The Kier molecular flexibility index (Phi) is 4.11. The van der Waals surface area contributed by atoms with E-state index in [-0.39, 0.29) is 34.1 Å². The molecule has 0 unspecified atom stereocenters. The number of nitrogens with zero attached hydrogens (tertiary/aromatic N) is 2. The average molecular weight is 365 g/mol. The minimum absolute atomic E-state index is 0.0546. The minimum Gasteiger partial charge on any atom is -0.464 e. The molecule has 0 aliphatic carbocycles. The van der Waals surface area contributed by atoms with Gasteiger partial charge in [-0.15, -0.1) is 0 Å². The zero-order chi connectivity index (χ0) is 15.0. The first-order valence-corrected chi connectivity index (χ1v) is 9.06. The number of hydrogen-bond acceptors (Lipinski definition) is 5. The van der Waals surface area contributed by atoms with E-state index in [1.165, 1.54) is 27.8 Å². The highest BCUT2D eigenvalue weighted by Crippen LogP contribution is 2.34. The van der Waals surface area contributed by atoms with Crippen LogP contribution in [0.25, 0.3) is 0 Å². The summed E-state index contributed by atoms with van der Waals surface area (Å²) < 4.78 is 31.8. The number of halogens is 2. The molecule has 1 fully saturated rings. The zero-order valence-corrected chi connectivity index (χ0v) is 13.7. The normalized spacial score (nSPS) is 16.7. The van der Waals surface area contributed by atoms with Gasteiger partial charge in [0.2, 0.25) is 10.0 Å². The third kappa shape index (κ3) is 2.89. The van der Waals surface area contributed by atoms with E-state index in [0.29, 0.717) is 5.19 Å². The largest absolute Gasteiger partial charge is 0.464 e. The average Bonchev–Trinajstić information content (AvgIpc) is 2.85. The van der Waals surface area contributed by atoms with E-state index in [4.69, 9.17) is 27.9 Å². The lowest BCUT2D eigenvalue weighted by Crippen LogP contribution is -2.56. The van der Waals surface area contributed by atoms with Gasteiger partial charge in [-0.1, -0.05) is 40.6 Å². The summed E-state index contributed by atoms with van der Waals surface area (Å²) in [6.45, 7) is 0.507. The fraction of sp³-hybridized carbons (Fsp3) is 0.250. The number of ether oxygens (including phenoxy) is 1. The molecular weight excluding hydrogens is 355 g/mol. The molecule has 1 aromatic carbocycles. The highest BCUT2D eigenvalue weighted by atomic mass is 35.5. The zero-order valence-electron chi connectivity index (χ0n) is 10.6. The van der Waals surface area contributed by atoms with Crippen LogP contribution in [0.2, 0.25) is 10.0 Å². The van der Waals surface area contributed by atoms with E-state index >= 15 is 0 Å². The molecule has 1 saturated heterocycles. The van der Waals surface area contributed by atoms with Crippen LogP contribution in [-0.4, -0.2) is 36.9 Å². The summed E-state index contributed by atoms with van der Waals surface area (Å²) in [6.07, 6.45) is 1.43. The molecule has 112 valence electrons. The lowest BCUT2D eigenvalue weighted by atomic mass is 10.2. The third-order valence-corrected chi connectivity index (χ3v) is 6.46. The molecule has 5 nitrogen and oxygen atoms in total. The Morgan fingerprint density at radius 2 is 1.95 bits per heavy atom. The SMILES string of the molecule is O=S(=O)(c1c(Cl)cccc1Cl)N1CC(Oc2nccs2)C1. The number of thiazole rings is 1. The molecule has 9 heteroatoms. The summed E-state index contributed by atoms with van der Waals surface area (Å²) in [4.78, 5) is 3.94. The van der Waals surface area contributed by atoms with E-state index in [1.807, 2.05) is 0 Å². The molecule has 0 N–H and O–H groups in total. The molecule has 21 heavy (non-hydrogen) atoms. The van der Waals surface area contributed by atoms with Crippen molar-refractivity contribution in [2.24, 2.45) is 0 Å². The predicted octanol–water partition coefficient (Wildman–Crippen LogP) is 2.90. The van der Waals surface area contributed by atoms with Gasteiger partial charge in [-0.05, 0) is 12.1 Å². The maximum absolute atomic E-state index is 12.5. The van der Waals surface area contributed by atoms with Crippen LogP contribution in [-0.2, 0) is 10.0 Å². The molecule has 0 atom stereocenters. The van der Waals surface area contributed by atoms with Crippen LogP contribution in [0.1, 0.15) is 0 Å². The van der Waals surface area contributed by atoms with Crippen molar-refractivity contribution < 1.29 is 13.2 Å². The van der Waals surface area contributed by atoms with Gasteiger partial charge in [0.15, 0.2) is 0 Å². The van der Waals surface area contributed by atoms with Crippen LogP contribution in [0.4, 0.5) is 0 Å². The second-order valence-corrected chi connectivity index (χ2v) is 7.96. The first-order chi connectivity index (χ1) is 9.98. The Bertz CT molecular complexity index is 724. The molecule has 1 aliphatic heterocycles. The summed E-state index contributed by atoms with van der Waals surface area (Å²) in [5, 5.41) is 2.57. The summed E-state index contributed by atoms with van der Waals surface area (Å²) in [5.41, 5.74) is 0. The summed E-state index contributed by atoms with van der Waals surface area (Å²) in [7, 11) is -3.70. The van der Waals surface area contributed by atoms with Crippen molar-refractivity contribution in [1.82, 2.24) is 9.29 Å². The van der Waals surface area contributed by atoms with E-state index in [2.05, 4.69) is 4.98 Å². The van der Waals surface area contributed by atoms with Gasteiger partial charge in [-0.2, -0.15) is 4.31 Å². The first kappa shape index (κ1) is 15.1. The number of aromatic nitrogens is 1. The quantitative estimate of drug-likeness (QED) is 0.836. The van der Waals surface area contributed by atoms with Crippen LogP contribution < -0.4 is 4.74 Å². The van der Waals surface area contributed by atoms with Gasteiger partial charge < -0.3 is 4.74 Å². The number of hydrogen-bond donors (Lipinski definition) is 0. The Morgan fingerprint density at radius 3 is 2.52 bits per heavy atom. The van der Waals surface area contributed by atoms with E-state index in [9.17, 15) is 8.42 Å². The van der Waals surface area contributed by atoms with Crippen LogP contribution in [0.3, 0.4) is 0 Å². The maximum Gasteiger partial charge on any atom is 0.273 e. The van der Waals surface area contributed by atoms with Crippen LogP contribution in [0, 0.1) is 0 Å². The van der Waals surface area contributed by atoms with Crippen LogP contribution >= 0.6 is 34.5 Å². The molecule has 0 amide bonds. The lowest BCUT2D eigenvalue weighted by Gasteiger charge is -2.37. The van der Waals surface area contributed by atoms with Crippen molar-refractivity contribution in [2.75, 3.05) is 13.1 Å². The minimum atomic E-state index is -3.70. The maximum atomic E-state index is 12.5. The van der Waals surface area contributed by atoms with Gasteiger partial charge in [0, 0.05) is 11.6 Å². The van der Waals surface area contributed by atoms with Gasteiger partial charge in [0.25, 0.3) is 5.19 Å². The molecule has 2 aromatic rings. The van der Waals surface area contributed by atoms with E-state index < -0.39 is 10.0 Å². The molecule has 0 bridgehead atoms. The second-order valence-electron chi connectivity index (χ2n) is 4.41. The van der Waals surface area contributed by atoms with Crippen LogP contribution in [0.5, 0.6) is 5.19 Å². The molecule has 0 spiro atoms. The topological polar surface area (TPSA) is 59.5 Å². The van der Waals surface area contributed by atoms with Gasteiger partial charge in [0.1, 0.15) is 11.0 Å². The number of sulfonamides is 1. The predicted molar refractivity (Wildman–Crippen MR) is 81.8 cm³/mol. The first-order valence-electron chi connectivity index (χ1n) is 5.99. The number of rotatable bonds is 4. The summed E-state index contributed by atoms with van der Waals surface area (Å²) >= 11 is 13.3. The Labute approximate surface area is 136 Å². The van der Waals surface area contributed by atoms with Gasteiger partial charge >= 0.3 is 0 Å². The highest BCUT2D eigenvalue weighted by Gasteiger charge is 2.40. The lowest BCUT2D eigenvalue weighted by molar-refractivity contribution is 0.0759. The number of benzene rings is 1. The van der Waals surface area contributed by atoms with Gasteiger partial charge in [-0.3, -0.25) is 0 Å². The van der Waals surface area contributed by atoms with E-state index in [1.54, 1.807) is 17.6 Å². The summed E-state index contributed by atoms with van der Waals surface area (Å²) in [6, 6.07) is 4.61. The van der Waals surface area contributed by atoms with Crippen molar-refractivity contribution in [3.05, 3.63) is 39.8 Å². The monoisotopic (exact) mass is 364 g/mol. The molecule has 1 aromatic heterocycles. The van der Waals surface area contributed by atoms with Crippen molar-refractivity contribution in [3.63, 3.8) is 0 Å². The van der Waals surface area contributed by atoms with E-state index in [0.717, 1.165) is 0 Å². The van der Waals surface area contributed by atoms with Crippen molar-refractivity contribution >= 4 is 44.6 Å². The Balaban J connectivity index is 1.73. The molecule has 0 radical (unpaired) electrons. The molecular formula is C12H10Cl2N2O3S2. The molecule has 0 saturated carbocycles. The Hall–Kier alpha value is -0.860. The van der Waals surface area contributed by atoms with Gasteiger partial charge in [-0.25, -0.2) is 13.4 Å². The summed E-state index contributed by atoms with van der Waals surface area (Å²) in [5.74, 6) is 0.